The highest BCUT2D eigenvalue weighted by atomic mass is 16.5. The molecule has 0 unspecified atom stereocenters. The molecule has 1 fully saturated rings. The fourth-order valence-electron chi connectivity index (χ4n) is 3.42. The number of amides is 1. The number of hydrogen-bond acceptors (Lipinski definition) is 4. The Kier molecular flexibility index (Phi) is 4.81. The van der Waals surface area contributed by atoms with E-state index < -0.39 is 0 Å². The average Bonchev–Trinajstić information content (AvgIpc) is 3.08. The van der Waals surface area contributed by atoms with Crippen LogP contribution in [0.2, 0.25) is 0 Å². The molecule has 2 aromatic heterocycles. The first-order valence-electron chi connectivity index (χ1n) is 9.31. The molecular formula is C21H24N4O2. The SMILES string of the molecule is Cc1ccc2nc(COc3ccccc3C(=O)N3CCC(N)CC3)cn2c1. The molecule has 0 spiro atoms. The molecule has 4 rings (SSSR count). The van der Waals surface area contributed by atoms with Gasteiger partial charge < -0.3 is 19.8 Å². The molecule has 0 bridgehead atoms. The number of nitrogens with two attached hydrogens (primary N) is 1. The summed E-state index contributed by atoms with van der Waals surface area (Å²) >= 11 is 0. The summed E-state index contributed by atoms with van der Waals surface area (Å²) in [5.74, 6) is 0.591. The zero-order chi connectivity index (χ0) is 18.8. The first-order chi connectivity index (χ1) is 13.1. The molecular weight excluding hydrogens is 340 g/mol. The van der Waals surface area contributed by atoms with Gasteiger partial charge >= 0.3 is 0 Å². The molecule has 0 aliphatic carbocycles. The van der Waals surface area contributed by atoms with E-state index in [4.69, 9.17) is 10.5 Å². The van der Waals surface area contributed by atoms with Crippen molar-refractivity contribution in [1.82, 2.24) is 14.3 Å². The Bertz CT molecular complexity index is 958. The van der Waals surface area contributed by atoms with E-state index in [0.29, 0.717) is 31.0 Å². The molecule has 1 saturated heterocycles. The number of aryl methyl sites for hydroxylation is 1. The predicted octanol–water partition coefficient (Wildman–Crippen LogP) is 2.79. The average molecular weight is 364 g/mol. The Balaban J connectivity index is 1.49. The van der Waals surface area contributed by atoms with Crippen LogP contribution in [0.5, 0.6) is 5.75 Å². The van der Waals surface area contributed by atoms with Crippen molar-refractivity contribution >= 4 is 11.6 Å². The normalized spacial score (nSPS) is 15.3. The molecule has 3 heterocycles. The van der Waals surface area contributed by atoms with E-state index in [1.807, 2.05) is 65.0 Å². The predicted molar refractivity (Wildman–Crippen MR) is 104 cm³/mol. The molecule has 0 atom stereocenters. The van der Waals surface area contributed by atoms with Crippen LogP contribution < -0.4 is 10.5 Å². The van der Waals surface area contributed by atoms with Crippen LogP contribution in [0.15, 0.2) is 48.8 Å². The second-order valence-electron chi connectivity index (χ2n) is 7.12. The lowest BCUT2D eigenvalue weighted by Crippen LogP contribution is -2.42. The number of aromatic nitrogens is 2. The largest absolute Gasteiger partial charge is 0.486 e. The van der Waals surface area contributed by atoms with Gasteiger partial charge in [-0.2, -0.15) is 0 Å². The second-order valence-corrected chi connectivity index (χ2v) is 7.12. The maximum Gasteiger partial charge on any atom is 0.257 e. The number of ether oxygens (including phenoxy) is 1. The molecule has 3 aromatic rings. The summed E-state index contributed by atoms with van der Waals surface area (Å²) in [6.45, 7) is 3.75. The van der Waals surface area contributed by atoms with Crippen LogP contribution in [0.3, 0.4) is 0 Å². The van der Waals surface area contributed by atoms with Gasteiger partial charge in [0.2, 0.25) is 0 Å². The summed E-state index contributed by atoms with van der Waals surface area (Å²) in [4.78, 5) is 19.3. The number of imidazole rings is 1. The molecule has 6 nitrogen and oxygen atoms in total. The third kappa shape index (κ3) is 3.80. The topological polar surface area (TPSA) is 72.9 Å². The van der Waals surface area contributed by atoms with Gasteiger partial charge in [-0.25, -0.2) is 4.98 Å². The fraction of sp³-hybridized carbons (Fsp3) is 0.333. The van der Waals surface area contributed by atoms with E-state index in [9.17, 15) is 4.79 Å². The standard InChI is InChI=1S/C21H24N4O2/c1-15-6-7-20-23-17(13-25(20)12-15)14-27-19-5-3-2-4-18(19)21(26)24-10-8-16(22)9-11-24/h2-7,12-13,16H,8-11,14,22H2,1H3. The van der Waals surface area contributed by atoms with Gasteiger partial charge in [-0.05, 0) is 43.5 Å². The van der Waals surface area contributed by atoms with Crippen molar-refractivity contribution < 1.29 is 9.53 Å². The van der Waals surface area contributed by atoms with Crippen LogP contribution in [-0.2, 0) is 6.61 Å². The number of likely N-dealkylation sites (tertiary alicyclic amines) is 1. The Morgan fingerprint density at radius 3 is 2.78 bits per heavy atom. The zero-order valence-electron chi connectivity index (χ0n) is 15.5. The number of para-hydroxylation sites is 1. The number of pyridine rings is 1. The number of rotatable bonds is 4. The van der Waals surface area contributed by atoms with Gasteiger partial charge in [0.05, 0.1) is 11.3 Å². The van der Waals surface area contributed by atoms with Crippen molar-refractivity contribution in [1.29, 1.82) is 0 Å². The van der Waals surface area contributed by atoms with Crippen LogP contribution in [-0.4, -0.2) is 39.3 Å². The summed E-state index contributed by atoms with van der Waals surface area (Å²) in [5, 5.41) is 0. The van der Waals surface area contributed by atoms with E-state index in [1.165, 1.54) is 5.56 Å². The van der Waals surface area contributed by atoms with Crippen LogP contribution >= 0.6 is 0 Å². The fourth-order valence-corrected chi connectivity index (χ4v) is 3.42. The maximum atomic E-state index is 12.9. The minimum atomic E-state index is 0.00289. The van der Waals surface area contributed by atoms with Crippen LogP contribution in [0.25, 0.3) is 5.65 Å². The molecule has 0 radical (unpaired) electrons. The van der Waals surface area contributed by atoms with Crippen molar-refractivity contribution in [3.8, 4) is 5.75 Å². The lowest BCUT2D eigenvalue weighted by atomic mass is 10.0. The Morgan fingerprint density at radius 2 is 1.96 bits per heavy atom. The van der Waals surface area contributed by atoms with Gasteiger partial charge in [-0.15, -0.1) is 0 Å². The number of benzene rings is 1. The van der Waals surface area contributed by atoms with E-state index >= 15 is 0 Å². The molecule has 1 aliphatic rings. The zero-order valence-corrected chi connectivity index (χ0v) is 15.5. The summed E-state index contributed by atoms with van der Waals surface area (Å²) in [5.41, 5.74) is 9.42. The Labute approximate surface area is 158 Å². The summed E-state index contributed by atoms with van der Waals surface area (Å²) in [7, 11) is 0. The molecule has 27 heavy (non-hydrogen) atoms. The monoisotopic (exact) mass is 364 g/mol. The Hall–Kier alpha value is -2.86. The van der Waals surface area contributed by atoms with Gasteiger partial charge in [0.1, 0.15) is 18.0 Å². The molecule has 1 amide bonds. The molecule has 1 aromatic carbocycles. The first-order valence-corrected chi connectivity index (χ1v) is 9.31. The minimum Gasteiger partial charge on any atom is -0.486 e. The molecule has 1 aliphatic heterocycles. The van der Waals surface area contributed by atoms with Gasteiger partial charge in [0, 0.05) is 31.5 Å². The number of nitrogens with zero attached hydrogens (tertiary/aromatic N) is 3. The molecule has 2 N–H and O–H groups in total. The smallest absolute Gasteiger partial charge is 0.257 e. The third-order valence-electron chi connectivity index (χ3n) is 4.97. The van der Waals surface area contributed by atoms with Crippen molar-refractivity contribution in [2.24, 2.45) is 5.73 Å². The first kappa shape index (κ1) is 17.5. The van der Waals surface area contributed by atoms with Crippen LogP contribution in [0, 0.1) is 6.92 Å². The van der Waals surface area contributed by atoms with Crippen LogP contribution in [0.1, 0.15) is 34.5 Å². The highest BCUT2D eigenvalue weighted by Crippen LogP contribution is 2.23. The van der Waals surface area contributed by atoms with E-state index in [0.717, 1.165) is 24.2 Å². The number of hydrogen-bond donors (Lipinski definition) is 1. The van der Waals surface area contributed by atoms with Crippen molar-refractivity contribution in [3.63, 3.8) is 0 Å². The van der Waals surface area contributed by atoms with Gasteiger partial charge in [0.15, 0.2) is 0 Å². The quantitative estimate of drug-likeness (QED) is 0.773. The lowest BCUT2D eigenvalue weighted by Gasteiger charge is -2.30. The second kappa shape index (κ2) is 7.40. The highest BCUT2D eigenvalue weighted by molar-refractivity contribution is 5.97. The number of fused-ring (bicyclic) bond motifs is 1. The number of carbonyl (C=O) groups excluding carboxylic acids is 1. The summed E-state index contributed by atoms with van der Waals surface area (Å²) in [6, 6.07) is 11.6. The van der Waals surface area contributed by atoms with Gasteiger partial charge in [-0.3, -0.25) is 4.79 Å². The van der Waals surface area contributed by atoms with Crippen molar-refractivity contribution in [2.75, 3.05) is 13.1 Å². The molecule has 0 saturated carbocycles. The summed E-state index contributed by atoms with van der Waals surface area (Å²) in [6.07, 6.45) is 5.67. The lowest BCUT2D eigenvalue weighted by molar-refractivity contribution is 0.0710. The van der Waals surface area contributed by atoms with E-state index in [1.54, 1.807) is 0 Å². The van der Waals surface area contributed by atoms with E-state index in [-0.39, 0.29) is 11.9 Å². The number of carbonyl (C=O) groups is 1. The van der Waals surface area contributed by atoms with E-state index in [2.05, 4.69) is 4.98 Å². The molecule has 6 heteroatoms. The van der Waals surface area contributed by atoms with Gasteiger partial charge in [0.25, 0.3) is 5.91 Å². The van der Waals surface area contributed by atoms with Gasteiger partial charge in [-0.1, -0.05) is 18.2 Å². The number of piperidine rings is 1. The third-order valence-corrected chi connectivity index (χ3v) is 4.97. The van der Waals surface area contributed by atoms with Crippen molar-refractivity contribution in [3.05, 3.63) is 65.6 Å². The maximum absolute atomic E-state index is 12.9. The van der Waals surface area contributed by atoms with Crippen molar-refractivity contribution in [2.45, 2.75) is 32.4 Å². The Morgan fingerprint density at radius 1 is 1.19 bits per heavy atom. The molecule has 140 valence electrons. The highest BCUT2D eigenvalue weighted by Gasteiger charge is 2.23. The van der Waals surface area contributed by atoms with Crippen LogP contribution in [0.4, 0.5) is 0 Å². The summed E-state index contributed by atoms with van der Waals surface area (Å²) < 4.78 is 7.96. The minimum absolute atomic E-state index is 0.00289.